The fourth-order valence-electron chi connectivity index (χ4n) is 2.83. The Labute approximate surface area is 154 Å². The van der Waals surface area contributed by atoms with E-state index in [1.54, 1.807) is 18.2 Å². The highest BCUT2D eigenvalue weighted by Crippen LogP contribution is 2.23. The van der Waals surface area contributed by atoms with Crippen LogP contribution in [0.3, 0.4) is 0 Å². The van der Waals surface area contributed by atoms with Crippen LogP contribution < -0.4 is 5.32 Å². The summed E-state index contributed by atoms with van der Waals surface area (Å²) < 4.78 is 31.8. The first-order valence-electron chi connectivity index (χ1n) is 8.34. The molecular formula is C17H25N3O5S. The maximum atomic E-state index is 12.7. The topological polar surface area (TPSA) is 96.0 Å². The molecule has 0 radical (unpaired) electrons. The number of methoxy groups -OCH3 is 1. The maximum absolute atomic E-state index is 12.7. The number of aryl methyl sites for hydroxylation is 1. The summed E-state index contributed by atoms with van der Waals surface area (Å²) in [5, 5.41) is 2.82. The van der Waals surface area contributed by atoms with Crippen molar-refractivity contribution in [1.29, 1.82) is 0 Å². The van der Waals surface area contributed by atoms with E-state index in [0.717, 1.165) is 9.87 Å². The number of amides is 1. The first-order chi connectivity index (χ1) is 12.2. The molecular weight excluding hydrogens is 358 g/mol. The van der Waals surface area contributed by atoms with Gasteiger partial charge in [-0.05, 0) is 37.5 Å². The van der Waals surface area contributed by atoms with Gasteiger partial charge in [-0.2, -0.15) is 17.0 Å². The predicted molar refractivity (Wildman–Crippen MR) is 98.1 cm³/mol. The van der Waals surface area contributed by atoms with Gasteiger partial charge in [-0.25, -0.2) is 4.79 Å². The summed E-state index contributed by atoms with van der Waals surface area (Å²) in [6, 6.07) is 4.92. The summed E-state index contributed by atoms with van der Waals surface area (Å²) in [4.78, 5) is 24.3. The molecule has 1 saturated heterocycles. The van der Waals surface area contributed by atoms with Gasteiger partial charge >= 0.3 is 5.97 Å². The average Bonchev–Trinajstić information content (AvgIpc) is 2.62. The minimum absolute atomic E-state index is 0.141. The van der Waals surface area contributed by atoms with Crippen LogP contribution in [0.5, 0.6) is 0 Å². The van der Waals surface area contributed by atoms with Crippen LogP contribution in [0.2, 0.25) is 0 Å². The van der Waals surface area contributed by atoms with Crippen molar-refractivity contribution in [1.82, 2.24) is 8.61 Å². The van der Waals surface area contributed by atoms with E-state index in [-0.39, 0.29) is 12.5 Å². The van der Waals surface area contributed by atoms with Gasteiger partial charge in [0.25, 0.3) is 10.2 Å². The fraction of sp³-hybridized carbons (Fsp3) is 0.529. The lowest BCUT2D eigenvalue weighted by atomic mass is 9.98. The minimum Gasteiger partial charge on any atom is -0.465 e. The lowest BCUT2D eigenvalue weighted by Gasteiger charge is -2.32. The molecule has 0 spiro atoms. The Morgan fingerprint density at radius 1 is 1.31 bits per heavy atom. The Morgan fingerprint density at radius 2 is 2.00 bits per heavy atom. The summed E-state index contributed by atoms with van der Waals surface area (Å²) in [6.45, 7) is 2.36. The molecule has 9 heteroatoms. The number of benzene rings is 1. The molecule has 1 aliphatic heterocycles. The maximum Gasteiger partial charge on any atom is 0.337 e. The summed E-state index contributed by atoms with van der Waals surface area (Å²) in [5.41, 5.74) is 1.67. The molecule has 1 aliphatic rings. The van der Waals surface area contributed by atoms with Crippen LogP contribution in [0.25, 0.3) is 0 Å². The van der Waals surface area contributed by atoms with Gasteiger partial charge in [0.2, 0.25) is 5.91 Å². The highest BCUT2D eigenvalue weighted by Gasteiger charge is 2.33. The van der Waals surface area contributed by atoms with Crippen LogP contribution in [0.4, 0.5) is 5.69 Å². The molecule has 1 aromatic rings. The van der Waals surface area contributed by atoms with Crippen molar-refractivity contribution in [3.8, 4) is 0 Å². The molecule has 144 valence electrons. The van der Waals surface area contributed by atoms with Crippen LogP contribution in [0, 0.1) is 12.8 Å². The second kappa shape index (κ2) is 8.15. The smallest absolute Gasteiger partial charge is 0.337 e. The van der Waals surface area contributed by atoms with E-state index in [4.69, 9.17) is 4.74 Å². The van der Waals surface area contributed by atoms with Gasteiger partial charge in [-0.1, -0.05) is 6.07 Å². The van der Waals surface area contributed by atoms with Gasteiger partial charge in [0, 0.05) is 32.9 Å². The normalized spacial score (nSPS) is 18.6. The van der Waals surface area contributed by atoms with E-state index in [0.29, 0.717) is 30.6 Å². The van der Waals surface area contributed by atoms with Crippen LogP contribution in [0.15, 0.2) is 18.2 Å². The van der Waals surface area contributed by atoms with E-state index in [9.17, 15) is 18.0 Å². The van der Waals surface area contributed by atoms with Crippen molar-refractivity contribution in [2.75, 3.05) is 39.6 Å². The number of carbonyl (C=O) groups is 2. The first kappa shape index (κ1) is 20.3. The summed E-state index contributed by atoms with van der Waals surface area (Å²) in [6.07, 6.45) is 1.23. The van der Waals surface area contributed by atoms with Crippen molar-refractivity contribution in [3.63, 3.8) is 0 Å². The summed E-state index contributed by atoms with van der Waals surface area (Å²) in [7, 11) is 0.696. The van der Waals surface area contributed by atoms with Crippen LogP contribution >= 0.6 is 0 Å². The molecule has 1 atom stereocenters. The molecule has 1 amide bonds. The molecule has 0 unspecified atom stereocenters. The van der Waals surface area contributed by atoms with Crippen molar-refractivity contribution >= 4 is 27.8 Å². The molecule has 1 fully saturated rings. The number of esters is 1. The number of nitrogens with one attached hydrogen (secondary N) is 1. The number of rotatable bonds is 5. The quantitative estimate of drug-likeness (QED) is 0.772. The molecule has 8 nitrogen and oxygen atoms in total. The van der Waals surface area contributed by atoms with Crippen molar-refractivity contribution in [3.05, 3.63) is 29.3 Å². The monoisotopic (exact) mass is 383 g/mol. The number of carbonyl (C=O) groups excluding carboxylic acids is 2. The molecule has 0 aliphatic carbocycles. The number of anilines is 1. The van der Waals surface area contributed by atoms with Crippen molar-refractivity contribution in [2.45, 2.75) is 19.8 Å². The fourth-order valence-corrected chi connectivity index (χ4v) is 4.02. The Bertz CT molecular complexity index is 792. The van der Waals surface area contributed by atoms with Crippen LogP contribution in [-0.2, 0) is 19.7 Å². The van der Waals surface area contributed by atoms with Gasteiger partial charge in [-0.15, -0.1) is 0 Å². The molecule has 1 aromatic carbocycles. The SMILES string of the molecule is COC(=O)c1ccc(C)c(NC(=O)[C@@H]2CCCN(S(=O)(=O)N(C)C)C2)c1. The van der Waals surface area contributed by atoms with Gasteiger partial charge in [0.05, 0.1) is 18.6 Å². The number of piperidine rings is 1. The first-order valence-corrected chi connectivity index (χ1v) is 9.74. The Hall–Kier alpha value is -1.97. The molecule has 0 aromatic heterocycles. The zero-order chi connectivity index (χ0) is 19.5. The summed E-state index contributed by atoms with van der Waals surface area (Å²) in [5.74, 6) is -1.19. The van der Waals surface area contributed by atoms with Crippen molar-refractivity contribution in [2.24, 2.45) is 5.92 Å². The van der Waals surface area contributed by atoms with Gasteiger partial charge in [-0.3, -0.25) is 4.79 Å². The highest BCUT2D eigenvalue weighted by molar-refractivity contribution is 7.86. The second-order valence-corrected chi connectivity index (χ2v) is 8.64. The molecule has 0 saturated carbocycles. The van der Waals surface area contributed by atoms with Gasteiger partial charge in [0.1, 0.15) is 0 Å². The lowest BCUT2D eigenvalue weighted by Crippen LogP contribution is -2.47. The summed E-state index contributed by atoms with van der Waals surface area (Å²) >= 11 is 0. The number of hydrogen-bond donors (Lipinski definition) is 1. The van der Waals surface area contributed by atoms with E-state index in [2.05, 4.69) is 5.32 Å². The van der Waals surface area contributed by atoms with E-state index < -0.39 is 22.1 Å². The molecule has 0 bridgehead atoms. The Kier molecular flexibility index (Phi) is 6.38. The Balaban J connectivity index is 2.14. The van der Waals surface area contributed by atoms with E-state index >= 15 is 0 Å². The number of ether oxygens (including phenoxy) is 1. The molecule has 1 N–H and O–H groups in total. The van der Waals surface area contributed by atoms with E-state index in [1.807, 2.05) is 6.92 Å². The largest absolute Gasteiger partial charge is 0.465 e. The molecule has 2 rings (SSSR count). The number of nitrogens with zero attached hydrogens (tertiary/aromatic N) is 2. The van der Waals surface area contributed by atoms with Gasteiger partial charge in [0.15, 0.2) is 0 Å². The van der Waals surface area contributed by atoms with E-state index in [1.165, 1.54) is 25.5 Å². The van der Waals surface area contributed by atoms with Crippen LogP contribution in [0.1, 0.15) is 28.8 Å². The Morgan fingerprint density at radius 3 is 2.62 bits per heavy atom. The minimum atomic E-state index is -3.54. The zero-order valence-corrected chi connectivity index (χ0v) is 16.3. The lowest BCUT2D eigenvalue weighted by molar-refractivity contribution is -0.120. The van der Waals surface area contributed by atoms with Gasteiger partial charge < -0.3 is 10.1 Å². The van der Waals surface area contributed by atoms with Crippen molar-refractivity contribution < 1.29 is 22.7 Å². The predicted octanol–water partition coefficient (Wildman–Crippen LogP) is 1.24. The second-order valence-electron chi connectivity index (χ2n) is 6.50. The third-order valence-electron chi connectivity index (χ3n) is 4.46. The third kappa shape index (κ3) is 4.40. The molecule has 26 heavy (non-hydrogen) atoms. The highest BCUT2D eigenvalue weighted by atomic mass is 32.2. The number of hydrogen-bond acceptors (Lipinski definition) is 5. The average molecular weight is 383 g/mol. The standard InChI is InChI=1S/C17H25N3O5S/c1-12-7-8-13(17(22)25-4)10-15(12)18-16(21)14-6-5-9-20(11-14)26(23,24)19(2)3/h7-8,10,14H,5-6,9,11H2,1-4H3,(H,18,21)/t14-/m1/s1. The zero-order valence-electron chi connectivity index (χ0n) is 15.5. The van der Waals surface area contributed by atoms with Crippen LogP contribution in [-0.4, -0.2) is 63.2 Å². The molecule has 1 heterocycles. The third-order valence-corrected chi connectivity index (χ3v) is 6.37.